The number of ether oxygens (including phenoxy) is 2. The topological polar surface area (TPSA) is 31.4 Å². The molecular formula is C8H10ClNO2S. The highest BCUT2D eigenvalue weighted by atomic mass is 35.5. The van der Waals surface area contributed by atoms with Crippen molar-refractivity contribution in [3.63, 3.8) is 0 Å². The Morgan fingerprint density at radius 2 is 2.62 bits per heavy atom. The van der Waals surface area contributed by atoms with E-state index in [9.17, 15) is 0 Å². The predicted octanol–water partition coefficient (Wildman–Crippen LogP) is 2.10. The molecule has 2 atom stereocenters. The van der Waals surface area contributed by atoms with Crippen LogP contribution in [0.3, 0.4) is 0 Å². The van der Waals surface area contributed by atoms with Crippen molar-refractivity contribution in [2.45, 2.75) is 19.3 Å². The highest BCUT2D eigenvalue weighted by molar-refractivity contribution is 7.05. The van der Waals surface area contributed by atoms with Gasteiger partial charge >= 0.3 is 0 Å². The quantitative estimate of drug-likeness (QED) is 0.714. The number of alkyl halides is 1. The fraction of sp³-hybridized carbons (Fsp3) is 0.625. The highest BCUT2D eigenvalue weighted by Crippen LogP contribution is 2.30. The Hall–Kier alpha value is -0.160. The highest BCUT2D eigenvalue weighted by Gasteiger charge is 2.27. The van der Waals surface area contributed by atoms with Crippen LogP contribution in [0.4, 0.5) is 0 Å². The van der Waals surface area contributed by atoms with Gasteiger partial charge in [-0.3, -0.25) is 0 Å². The van der Waals surface area contributed by atoms with Crippen LogP contribution in [0, 0.1) is 6.92 Å². The summed E-state index contributed by atoms with van der Waals surface area (Å²) in [6.45, 7) is 2.53. The molecule has 2 rings (SSSR count). The lowest BCUT2D eigenvalue weighted by molar-refractivity contribution is -0.0540. The lowest BCUT2D eigenvalue weighted by Crippen LogP contribution is -2.10. The average Bonchev–Trinajstić information content (AvgIpc) is 2.71. The first-order chi connectivity index (χ1) is 6.29. The summed E-state index contributed by atoms with van der Waals surface area (Å²) >= 11 is 7.06. The van der Waals surface area contributed by atoms with Crippen molar-refractivity contribution in [2.75, 3.05) is 12.5 Å². The molecule has 2 unspecified atom stereocenters. The molecule has 0 spiro atoms. The van der Waals surface area contributed by atoms with Gasteiger partial charge in [0.15, 0.2) is 6.29 Å². The molecule has 1 saturated heterocycles. The van der Waals surface area contributed by atoms with Gasteiger partial charge in [0.05, 0.1) is 29.2 Å². The van der Waals surface area contributed by atoms with Crippen LogP contribution in [0.5, 0.6) is 0 Å². The van der Waals surface area contributed by atoms with Gasteiger partial charge in [0.1, 0.15) is 0 Å². The Morgan fingerprint density at radius 3 is 3.15 bits per heavy atom. The zero-order valence-corrected chi connectivity index (χ0v) is 8.77. The summed E-state index contributed by atoms with van der Waals surface area (Å²) in [6.07, 6.45) is -0.232. The third-order valence-electron chi connectivity index (χ3n) is 1.80. The minimum atomic E-state index is -0.255. The zero-order chi connectivity index (χ0) is 9.26. The maximum atomic E-state index is 5.65. The number of hydrogen-bond acceptors (Lipinski definition) is 4. The van der Waals surface area contributed by atoms with Crippen LogP contribution in [0.25, 0.3) is 0 Å². The van der Waals surface area contributed by atoms with E-state index < -0.39 is 0 Å². The van der Waals surface area contributed by atoms with E-state index in [4.69, 9.17) is 21.1 Å². The van der Waals surface area contributed by atoms with Crippen LogP contribution < -0.4 is 0 Å². The van der Waals surface area contributed by atoms with E-state index in [1.54, 1.807) is 0 Å². The summed E-state index contributed by atoms with van der Waals surface area (Å²) in [4.78, 5) is 1.02. The van der Waals surface area contributed by atoms with E-state index in [0.29, 0.717) is 12.5 Å². The van der Waals surface area contributed by atoms with Crippen LogP contribution in [0.2, 0.25) is 0 Å². The Morgan fingerprint density at radius 1 is 1.77 bits per heavy atom. The van der Waals surface area contributed by atoms with Crippen LogP contribution in [0.15, 0.2) is 6.07 Å². The monoisotopic (exact) mass is 219 g/mol. The third-order valence-corrected chi connectivity index (χ3v) is 3.04. The van der Waals surface area contributed by atoms with Crippen LogP contribution >= 0.6 is 23.1 Å². The fourth-order valence-electron chi connectivity index (χ4n) is 1.17. The molecule has 1 aromatic heterocycles. The molecule has 0 amide bonds. The number of halogens is 1. The molecule has 1 aliphatic rings. The van der Waals surface area contributed by atoms with Crippen molar-refractivity contribution in [2.24, 2.45) is 0 Å². The van der Waals surface area contributed by atoms with Crippen LogP contribution in [-0.4, -0.2) is 23.0 Å². The average molecular weight is 220 g/mol. The van der Waals surface area contributed by atoms with Crippen molar-refractivity contribution in [3.05, 3.63) is 16.6 Å². The Labute approximate surface area is 85.8 Å². The summed E-state index contributed by atoms with van der Waals surface area (Å²) in [5, 5.41) is 0. The van der Waals surface area contributed by atoms with Crippen LogP contribution in [-0.2, 0) is 9.47 Å². The van der Waals surface area contributed by atoms with Gasteiger partial charge in [-0.25, -0.2) is 0 Å². The van der Waals surface area contributed by atoms with Crippen molar-refractivity contribution >= 4 is 23.1 Å². The SMILES string of the molecule is Cc1cc(C2OCC(CCl)O2)sn1. The van der Waals surface area contributed by atoms with Gasteiger partial charge in [0, 0.05) is 0 Å². The van der Waals surface area contributed by atoms with Gasteiger partial charge in [0.2, 0.25) is 0 Å². The first kappa shape index (κ1) is 9.40. The number of aromatic nitrogens is 1. The molecule has 5 heteroatoms. The first-order valence-electron chi connectivity index (χ1n) is 4.06. The van der Waals surface area contributed by atoms with E-state index in [1.165, 1.54) is 11.5 Å². The molecule has 13 heavy (non-hydrogen) atoms. The normalized spacial score (nSPS) is 28.2. The van der Waals surface area contributed by atoms with E-state index in [-0.39, 0.29) is 12.4 Å². The molecule has 0 aromatic carbocycles. The Balaban J connectivity index is 2.03. The molecule has 0 radical (unpaired) electrons. The molecule has 0 aliphatic carbocycles. The van der Waals surface area contributed by atoms with Crippen molar-refractivity contribution in [3.8, 4) is 0 Å². The van der Waals surface area contributed by atoms with Gasteiger partial charge in [-0.05, 0) is 24.5 Å². The second-order valence-corrected chi connectivity index (χ2v) is 4.09. The molecular weight excluding hydrogens is 210 g/mol. The molecule has 2 heterocycles. The lowest BCUT2D eigenvalue weighted by Gasteiger charge is -2.06. The molecule has 0 bridgehead atoms. The van der Waals surface area contributed by atoms with Gasteiger partial charge < -0.3 is 9.47 Å². The van der Waals surface area contributed by atoms with Gasteiger partial charge in [-0.15, -0.1) is 11.6 Å². The summed E-state index contributed by atoms with van der Waals surface area (Å²) in [6, 6.07) is 1.98. The number of nitrogens with zero attached hydrogens (tertiary/aromatic N) is 1. The molecule has 0 N–H and O–H groups in total. The van der Waals surface area contributed by atoms with Crippen LogP contribution in [0.1, 0.15) is 16.9 Å². The van der Waals surface area contributed by atoms with E-state index in [2.05, 4.69) is 4.37 Å². The van der Waals surface area contributed by atoms with E-state index in [0.717, 1.165) is 10.6 Å². The number of hydrogen-bond donors (Lipinski definition) is 0. The molecule has 3 nitrogen and oxygen atoms in total. The summed E-state index contributed by atoms with van der Waals surface area (Å²) in [5.41, 5.74) is 1.00. The first-order valence-corrected chi connectivity index (χ1v) is 5.36. The Bertz CT molecular complexity index is 291. The molecule has 0 saturated carbocycles. The maximum Gasteiger partial charge on any atom is 0.195 e. The maximum absolute atomic E-state index is 5.65. The smallest absolute Gasteiger partial charge is 0.195 e. The standard InChI is InChI=1S/C8H10ClNO2S/c1-5-2-7(13-10-5)8-11-4-6(3-9)12-8/h2,6,8H,3-4H2,1H3. The second-order valence-electron chi connectivity index (χ2n) is 2.95. The summed E-state index contributed by atoms with van der Waals surface area (Å²) in [5.74, 6) is 0.480. The molecule has 72 valence electrons. The molecule has 1 aromatic rings. The van der Waals surface area contributed by atoms with Gasteiger partial charge in [-0.1, -0.05) is 0 Å². The molecule has 1 aliphatic heterocycles. The fourth-order valence-corrected chi connectivity index (χ4v) is 2.07. The largest absolute Gasteiger partial charge is 0.345 e. The van der Waals surface area contributed by atoms with Crippen molar-refractivity contribution in [1.29, 1.82) is 0 Å². The predicted molar refractivity (Wildman–Crippen MR) is 51.1 cm³/mol. The molecule has 1 fully saturated rings. The summed E-state index contributed by atoms with van der Waals surface area (Å²) < 4.78 is 15.1. The van der Waals surface area contributed by atoms with Gasteiger partial charge in [-0.2, -0.15) is 4.37 Å². The number of rotatable bonds is 2. The minimum absolute atomic E-state index is 0.0223. The third kappa shape index (κ3) is 2.02. The van der Waals surface area contributed by atoms with Crippen molar-refractivity contribution < 1.29 is 9.47 Å². The summed E-state index contributed by atoms with van der Waals surface area (Å²) in [7, 11) is 0. The second kappa shape index (κ2) is 3.92. The van der Waals surface area contributed by atoms with Gasteiger partial charge in [0.25, 0.3) is 0 Å². The zero-order valence-electron chi connectivity index (χ0n) is 7.20. The minimum Gasteiger partial charge on any atom is -0.345 e. The number of aryl methyl sites for hydroxylation is 1. The lowest BCUT2D eigenvalue weighted by atomic mass is 10.4. The Kier molecular flexibility index (Phi) is 2.83. The van der Waals surface area contributed by atoms with E-state index >= 15 is 0 Å². The van der Waals surface area contributed by atoms with Crippen molar-refractivity contribution in [1.82, 2.24) is 4.37 Å². The van der Waals surface area contributed by atoms with E-state index in [1.807, 2.05) is 13.0 Å².